The van der Waals surface area contributed by atoms with Gasteiger partial charge in [-0.15, -0.1) is 11.3 Å². The first kappa shape index (κ1) is 15.4. The van der Waals surface area contributed by atoms with Gasteiger partial charge in [0.1, 0.15) is 0 Å². The van der Waals surface area contributed by atoms with Crippen LogP contribution in [0.1, 0.15) is 39.9 Å². The van der Waals surface area contributed by atoms with Gasteiger partial charge >= 0.3 is 0 Å². The van der Waals surface area contributed by atoms with Crippen molar-refractivity contribution in [3.63, 3.8) is 0 Å². The largest absolute Gasteiger partial charge is 0.351 e. The molecular weight excluding hydrogens is 342 g/mol. The highest BCUT2D eigenvalue weighted by molar-refractivity contribution is 9.09. The zero-order valence-corrected chi connectivity index (χ0v) is 14.4. The summed E-state index contributed by atoms with van der Waals surface area (Å²) in [6, 6.07) is 2.09. The van der Waals surface area contributed by atoms with E-state index >= 15 is 0 Å². The maximum Gasteiger partial charge on any atom is 0.261 e. The lowest BCUT2D eigenvalue weighted by molar-refractivity contribution is 0.0950. The van der Waals surface area contributed by atoms with Crippen molar-refractivity contribution in [3.8, 4) is 0 Å². The van der Waals surface area contributed by atoms with Crippen LogP contribution < -0.4 is 5.32 Å². The van der Waals surface area contributed by atoms with Crippen LogP contribution >= 0.6 is 39.0 Å². The third-order valence-electron chi connectivity index (χ3n) is 3.50. The summed E-state index contributed by atoms with van der Waals surface area (Å²) in [5, 5.41) is 4.09. The Morgan fingerprint density at radius 3 is 3.11 bits per heavy atom. The summed E-state index contributed by atoms with van der Waals surface area (Å²) < 4.78 is 0. The molecule has 1 unspecified atom stereocenters. The molecular formula is C14H20BrNOS2. The second-order valence-electron chi connectivity index (χ2n) is 4.82. The molecule has 1 aliphatic heterocycles. The van der Waals surface area contributed by atoms with E-state index in [4.69, 9.17) is 0 Å². The van der Waals surface area contributed by atoms with Gasteiger partial charge in [-0.2, -0.15) is 11.8 Å². The molecule has 1 N–H and O–H groups in total. The third-order valence-corrected chi connectivity index (χ3v) is 6.20. The number of thiophene rings is 1. The minimum absolute atomic E-state index is 0.109. The Bertz CT molecular complexity index is 410. The minimum Gasteiger partial charge on any atom is -0.351 e. The van der Waals surface area contributed by atoms with Gasteiger partial charge in [0.05, 0.1) is 4.88 Å². The molecule has 1 aromatic rings. The number of amides is 1. The lowest BCUT2D eigenvalue weighted by Gasteiger charge is -2.13. The SMILES string of the molecule is CCC(CCBr)CNC(=O)c1cc2c(s1)CCSC2. The number of thioether (sulfide) groups is 1. The van der Waals surface area contributed by atoms with Gasteiger partial charge in [-0.3, -0.25) is 4.79 Å². The maximum atomic E-state index is 12.2. The molecule has 19 heavy (non-hydrogen) atoms. The highest BCUT2D eigenvalue weighted by Gasteiger charge is 2.17. The molecule has 0 fully saturated rings. The fourth-order valence-electron chi connectivity index (χ4n) is 2.19. The topological polar surface area (TPSA) is 29.1 Å². The van der Waals surface area contributed by atoms with Crippen LogP contribution in [-0.4, -0.2) is 23.5 Å². The van der Waals surface area contributed by atoms with Crippen molar-refractivity contribution < 1.29 is 4.79 Å². The molecule has 0 bridgehead atoms. The van der Waals surface area contributed by atoms with Gasteiger partial charge in [0, 0.05) is 22.5 Å². The smallest absolute Gasteiger partial charge is 0.261 e. The van der Waals surface area contributed by atoms with Crippen LogP contribution in [0.5, 0.6) is 0 Å². The number of hydrogen-bond acceptors (Lipinski definition) is 3. The van der Waals surface area contributed by atoms with Crippen LogP contribution in [0.15, 0.2) is 6.07 Å². The van der Waals surface area contributed by atoms with Gasteiger partial charge in [0.2, 0.25) is 0 Å². The number of carbonyl (C=O) groups is 1. The van der Waals surface area contributed by atoms with Crippen molar-refractivity contribution in [2.24, 2.45) is 5.92 Å². The molecule has 2 rings (SSSR count). The monoisotopic (exact) mass is 361 g/mol. The van der Waals surface area contributed by atoms with E-state index in [0.717, 1.165) is 41.8 Å². The quantitative estimate of drug-likeness (QED) is 0.773. The molecule has 1 atom stereocenters. The van der Waals surface area contributed by atoms with Crippen LogP contribution in [0.3, 0.4) is 0 Å². The first-order valence-electron chi connectivity index (χ1n) is 6.78. The number of carbonyl (C=O) groups excluding carboxylic acids is 1. The van der Waals surface area contributed by atoms with Crippen LogP contribution in [0.25, 0.3) is 0 Å². The van der Waals surface area contributed by atoms with Gasteiger partial charge in [-0.1, -0.05) is 29.3 Å². The first-order valence-corrected chi connectivity index (χ1v) is 9.87. The number of nitrogens with one attached hydrogen (secondary N) is 1. The molecule has 1 aromatic heterocycles. The van der Waals surface area contributed by atoms with Gasteiger partial charge in [0.25, 0.3) is 5.91 Å². The summed E-state index contributed by atoms with van der Waals surface area (Å²) in [7, 11) is 0. The van der Waals surface area contributed by atoms with Crippen molar-refractivity contribution in [2.45, 2.75) is 31.9 Å². The molecule has 5 heteroatoms. The lowest BCUT2D eigenvalue weighted by Crippen LogP contribution is -2.28. The van der Waals surface area contributed by atoms with E-state index in [1.807, 2.05) is 11.8 Å². The van der Waals surface area contributed by atoms with Crippen molar-refractivity contribution >= 4 is 44.9 Å². The normalized spacial score (nSPS) is 15.9. The number of aryl methyl sites for hydroxylation is 1. The average molecular weight is 362 g/mol. The van der Waals surface area contributed by atoms with Crippen LogP contribution in [-0.2, 0) is 12.2 Å². The summed E-state index contributed by atoms with van der Waals surface area (Å²) >= 11 is 7.11. The van der Waals surface area contributed by atoms with Crippen molar-refractivity contribution in [1.82, 2.24) is 5.32 Å². The standard InChI is InChI=1S/C14H20BrNOS2/c1-2-10(3-5-15)8-16-14(17)13-7-11-9-18-6-4-12(11)19-13/h7,10H,2-6,8-9H2,1H3,(H,16,17). The predicted octanol–water partition coefficient (Wildman–Crippen LogP) is 4.08. The Hall–Kier alpha value is -0.000000000000000111. The Kier molecular flexibility index (Phi) is 6.23. The van der Waals surface area contributed by atoms with E-state index in [0.29, 0.717) is 5.92 Å². The van der Waals surface area contributed by atoms with Crippen LogP contribution in [0.4, 0.5) is 0 Å². The Balaban J connectivity index is 1.90. The second-order valence-corrected chi connectivity index (χ2v) is 7.86. The van der Waals surface area contributed by atoms with E-state index in [1.54, 1.807) is 11.3 Å². The van der Waals surface area contributed by atoms with Crippen LogP contribution in [0, 0.1) is 5.92 Å². The van der Waals surface area contributed by atoms with Crippen molar-refractivity contribution in [1.29, 1.82) is 0 Å². The van der Waals surface area contributed by atoms with Gasteiger partial charge in [-0.25, -0.2) is 0 Å². The third kappa shape index (κ3) is 4.23. The number of rotatable bonds is 6. The highest BCUT2D eigenvalue weighted by atomic mass is 79.9. The number of hydrogen-bond donors (Lipinski definition) is 1. The number of halogens is 1. The summed E-state index contributed by atoms with van der Waals surface area (Å²) in [4.78, 5) is 14.5. The average Bonchev–Trinajstić information content (AvgIpc) is 2.87. The van der Waals surface area contributed by atoms with Crippen LogP contribution in [0.2, 0.25) is 0 Å². The van der Waals surface area contributed by atoms with Gasteiger partial charge in [-0.05, 0) is 36.1 Å². The molecule has 0 saturated carbocycles. The predicted molar refractivity (Wildman–Crippen MR) is 88.7 cm³/mol. The maximum absolute atomic E-state index is 12.2. The summed E-state index contributed by atoms with van der Waals surface area (Å²) in [6.07, 6.45) is 3.36. The fourth-order valence-corrected chi connectivity index (χ4v) is 5.12. The van der Waals surface area contributed by atoms with E-state index in [-0.39, 0.29) is 5.91 Å². The molecule has 1 amide bonds. The van der Waals surface area contributed by atoms with Crippen molar-refractivity contribution in [3.05, 3.63) is 21.4 Å². The Morgan fingerprint density at radius 1 is 1.58 bits per heavy atom. The Labute approximate surface area is 131 Å². The molecule has 0 saturated heterocycles. The molecule has 2 nitrogen and oxygen atoms in total. The molecule has 0 spiro atoms. The lowest BCUT2D eigenvalue weighted by atomic mass is 10.0. The van der Waals surface area contributed by atoms with Gasteiger partial charge < -0.3 is 5.32 Å². The highest BCUT2D eigenvalue weighted by Crippen LogP contribution is 2.31. The summed E-state index contributed by atoms with van der Waals surface area (Å²) in [6.45, 7) is 2.97. The first-order chi connectivity index (χ1) is 9.24. The molecule has 0 aliphatic carbocycles. The van der Waals surface area contributed by atoms with E-state index in [9.17, 15) is 4.79 Å². The summed E-state index contributed by atoms with van der Waals surface area (Å²) in [5.74, 6) is 2.95. The molecule has 0 radical (unpaired) electrons. The fraction of sp³-hybridized carbons (Fsp3) is 0.643. The molecule has 0 aromatic carbocycles. The van der Waals surface area contributed by atoms with Crippen molar-refractivity contribution in [2.75, 3.05) is 17.6 Å². The second kappa shape index (κ2) is 7.70. The molecule has 2 heterocycles. The number of alkyl halides is 1. The van der Waals surface area contributed by atoms with E-state index in [1.165, 1.54) is 16.2 Å². The van der Waals surface area contributed by atoms with E-state index in [2.05, 4.69) is 34.2 Å². The minimum atomic E-state index is 0.109. The zero-order chi connectivity index (χ0) is 13.7. The number of fused-ring (bicyclic) bond motifs is 1. The zero-order valence-electron chi connectivity index (χ0n) is 11.2. The van der Waals surface area contributed by atoms with E-state index < -0.39 is 0 Å². The summed E-state index contributed by atoms with van der Waals surface area (Å²) in [5.41, 5.74) is 1.37. The molecule has 1 aliphatic rings. The molecule has 106 valence electrons. The van der Waals surface area contributed by atoms with Gasteiger partial charge in [0.15, 0.2) is 0 Å². The Morgan fingerprint density at radius 2 is 2.42 bits per heavy atom.